The first-order valence-electron chi connectivity index (χ1n) is 5.80. The van der Waals surface area contributed by atoms with Gasteiger partial charge in [-0.25, -0.2) is 4.98 Å². The molecule has 0 radical (unpaired) electrons. The van der Waals surface area contributed by atoms with Gasteiger partial charge >= 0.3 is 0 Å². The zero-order valence-electron chi connectivity index (χ0n) is 9.42. The van der Waals surface area contributed by atoms with Crippen molar-refractivity contribution >= 4 is 0 Å². The van der Waals surface area contributed by atoms with E-state index in [-0.39, 0.29) is 11.5 Å². The first-order chi connectivity index (χ1) is 7.05. The number of aromatic nitrogens is 1. The quantitative estimate of drug-likeness (QED) is 0.768. The van der Waals surface area contributed by atoms with E-state index in [2.05, 4.69) is 18.8 Å². The third kappa shape index (κ3) is 1.59. The topological polar surface area (TPSA) is 52.0 Å². The molecule has 82 valence electrons. The Hall–Kier alpha value is -0.830. The van der Waals surface area contributed by atoms with Gasteiger partial charge in [-0.3, -0.25) is 0 Å². The van der Waals surface area contributed by atoms with Crippen molar-refractivity contribution < 1.29 is 4.42 Å². The molecule has 0 bridgehead atoms. The lowest BCUT2D eigenvalue weighted by molar-refractivity contribution is 0.255. The average Bonchev–Trinajstić information content (AvgIpc) is 2.86. The monoisotopic (exact) mass is 206 g/mol. The predicted molar refractivity (Wildman–Crippen MR) is 57.5 cm³/mol. The third-order valence-electron chi connectivity index (χ3n) is 3.43. The Labute approximate surface area is 90.1 Å². The van der Waals surface area contributed by atoms with Gasteiger partial charge in [0.15, 0.2) is 5.89 Å². The first kappa shape index (κ1) is 9.40. The molecular formula is C12H18N2O. The van der Waals surface area contributed by atoms with Crippen LogP contribution in [-0.2, 0) is 6.42 Å². The highest BCUT2D eigenvalue weighted by atomic mass is 16.4. The van der Waals surface area contributed by atoms with Gasteiger partial charge in [-0.05, 0) is 31.1 Å². The Kier molecular flexibility index (Phi) is 1.78. The smallest absolute Gasteiger partial charge is 0.197 e. The lowest BCUT2D eigenvalue weighted by atomic mass is 9.76. The van der Waals surface area contributed by atoms with Crippen LogP contribution < -0.4 is 5.73 Å². The summed E-state index contributed by atoms with van der Waals surface area (Å²) < 4.78 is 5.80. The van der Waals surface area contributed by atoms with E-state index in [9.17, 15) is 0 Å². The fraction of sp³-hybridized carbons (Fsp3) is 0.750. The molecular weight excluding hydrogens is 188 g/mol. The molecule has 0 amide bonds. The van der Waals surface area contributed by atoms with Crippen LogP contribution in [0.25, 0.3) is 0 Å². The standard InChI is InChI=1S/C12H18N2O/c1-12(2)5-8(13)10-9(6-12)14-11(15-10)7-3-4-7/h7-8H,3-6,13H2,1-2H3. The third-order valence-corrected chi connectivity index (χ3v) is 3.43. The van der Waals surface area contributed by atoms with Gasteiger partial charge < -0.3 is 10.2 Å². The summed E-state index contributed by atoms with van der Waals surface area (Å²) in [5, 5.41) is 0. The SMILES string of the molecule is CC1(C)Cc2nc(C3CC3)oc2C(N)C1. The maximum atomic E-state index is 6.12. The van der Waals surface area contributed by atoms with E-state index in [0.717, 1.165) is 30.2 Å². The molecule has 1 atom stereocenters. The van der Waals surface area contributed by atoms with Gasteiger partial charge in [0.2, 0.25) is 0 Å². The minimum atomic E-state index is 0.0451. The van der Waals surface area contributed by atoms with Crippen LogP contribution in [-0.4, -0.2) is 4.98 Å². The molecule has 2 aliphatic carbocycles. The highest BCUT2D eigenvalue weighted by molar-refractivity contribution is 5.22. The predicted octanol–water partition coefficient (Wildman–Crippen LogP) is 2.52. The Balaban J connectivity index is 1.98. The Morgan fingerprint density at radius 1 is 1.40 bits per heavy atom. The zero-order valence-corrected chi connectivity index (χ0v) is 9.42. The van der Waals surface area contributed by atoms with E-state index in [1.54, 1.807) is 0 Å². The van der Waals surface area contributed by atoms with Crippen LogP contribution >= 0.6 is 0 Å². The van der Waals surface area contributed by atoms with Gasteiger partial charge in [0.25, 0.3) is 0 Å². The number of hydrogen-bond donors (Lipinski definition) is 1. The van der Waals surface area contributed by atoms with E-state index in [0.29, 0.717) is 5.92 Å². The molecule has 1 aromatic rings. The number of rotatable bonds is 1. The molecule has 0 saturated heterocycles. The lowest BCUT2D eigenvalue weighted by Gasteiger charge is -2.31. The second-order valence-electron chi connectivity index (χ2n) is 5.79. The van der Waals surface area contributed by atoms with Gasteiger partial charge in [0, 0.05) is 5.92 Å². The highest BCUT2D eigenvalue weighted by Crippen LogP contribution is 2.44. The van der Waals surface area contributed by atoms with E-state index >= 15 is 0 Å². The molecule has 3 rings (SSSR count). The number of hydrogen-bond acceptors (Lipinski definition) is 3. The Bertz CT molecular complexity index is 390. The molecule has 0 spiro atoms. The molecule has 1 saturated carbocycles. The van der Waals surface area contributed by atoms with E-state index in [1.807, 2.05) is 0 Å². The minimum Gasteiger partial charge on any atom is -0.443 e. The van der Waals surface area contributed by atoms with Crippen LogP contribution in [0.1, 0.15) is 62.4 Å². The van der Waals surface area contributed by atoms with Crippen molar-refractivity contribution in [3.05, 3.63) is 17.3 Å². The molecule has 0 aromatic carbocycles. The summed E-state index contributed by atoms with van der Waals surface area (Å²) in [5.41, 5.74) is 7.50. The lowest BCUT2D eigenvalue weighted by Crippen LogP contribution is -2.29. The van der Waals surface area contributed by atoms with Crippen molar-refractivity contribution in [1.82, 2.24) is 4.98 Å². The van der Waals surface area contributed by atoms with Crippen LogP contribution in [0.2, 0.25) is 0 Å². The molecule has 1 unspecified atom stereocenters. The van der Waals surface area contributed by atoms with Gasteiger partial charge in [0.05, 0.1) is 11.7 Å². The summed E-state index contributed by atoms with van der Waals surface area (Å²) in [7, 11) is 0. The Morgan fingerprint density at radius 2 is 2.13 bits per heavy atom. The normalized spacial score (nSPS) is 28.9. The summed E-state index contributed by atoms with van der Waals surface area (Å²) in [6.07, 6.45) is 4.47. The van der Waals surface area contributed by atoms with Gasteiger partial charge in [-0.1, -0.05) is 13.8 Å². The molecule has 1 heterocycles. The second-order valence-corrected chi connectivity index (χ2v) is 5.79. The van der Waals surface area contributed by atoms with Crippen LogP contribution in [0.15, 0.2) is 4.42 Å². The van der Waals surface area contributed by atoms with Gasteiger partial charge in [-0.15, -0.1) is 0 Å². The van der Waals surface area contributed by atoms with Gasteiger partial charge in [-0.2, -0.15) is 0 Å². The van der Waals surface area contributed by atoms with Crippen LogP contribution in [0.3, 0.4) is 0 Å². The molecule has 15 heavy (non-hydrogen) atoms. The summed E-state index contributed by atoms with van der Waals surface area (Å²) >= 11 is 0. The molecule has 3 nitrogen and oxygen atoms in total. The van der Waals surface area contributed by atoms with Crippen LogP contribution in [0, 0.1) is 5.41 Å². The maximum Gasteiger partial charge on any atom is 0.197 e. The van der Waals surface area contributed by atoms with Crippen molar-refractivity contribution in [2.75, 3.05) is 0 Å². The van der Waals surface area contributed by atoms with Crippen LogP contribution in [0.4, 0.5) is 0 Å². The Morgan fingerprint density at radius 3 is 2.80 bits per heavy atom. The van der Waals surface area contributed by atoms with Crippen LogP contribution in [0.5, 0.6) is 0 Å². The minimum absolute atomic E-state index is 0.0451. The largest absolute Gasteiger partial charge is 0.443 e. The van der Waals surface area contributed by atoms with Crippen molar-refractivity contribution in [2.45, 2.75) is 51.5 Å². The fourth-order valence-electron chi connectivity index (χ4n) is 2.52. The molecule has 1 aromatic heterocycles. The molecule has 0 aliphatic heterocycles. The van der Waals surface area contributed by atoms with Crippen molar-refractivity contribution in [3.8, 4) is 0 Å². The first-order valence-corrected chi connectivity index (χ1v) is 5.80. The fourth-order valence-corrected chi connectivity index (χ4v) is 2.52. The van der Waals surface area contributed by atoms with E-state index in [4.69, 9.17) is 10.2 Å². The zero-order chi connectivity index (χ0) is 10.6. The summed E-state index contributed by atoms with van der Waals surface area (Å²) in [6.45, 7) is 4.50. The maximum absolute atomic E-state index is 6.12. The van der Waals surface area contributed by atoms with Crippen molar-refractivity contribution in [3.63, 3.8) is 0 Å². The second kappa shape index (κ2) is 2.85. The average molecular weight is 206 g/mol. The van der Waals surface area contributed by atoms with Gasteiger partial charge in [0.1, 0.15) is 5.76 Å². The number of oxazole rings is 1. The molecule has 2 aliphatic rings. The number of nitrogens with zero attached hydrogens (tertiary/aromatic N) is 1. The highest BCUT2D eigenvalue weighted by Gasteiger charge is 2.37. The molecule has 2 N–H and O–H groups in total. The molecule has 3 heteroatoms. The van der Waals surface area contributed by atoms with Crippen molar-refractivity contribution in [2.24, 2.45) is 11.1 Å². The number of nitrogens with two attached hydrogens (primary N) is 1. The van der Waals surface area contributed by atoms with Crippen molar-refractivity contribution in [1.29, 1.82) is 0 Å². The summed E-state index contributed by atoms with van der Waals surface area (Å²) in [5.74, 6) is 2.48. The van der Waals surface area contributed by atoms with E-state index in [1.165, 1.54) is 12.8 Å². The summed E-state index contributed by atoms with van der Waals surface area (Å²) in [4.78, 5) is 4.61. The summed E-state index contributed by atoms with van der Waals surface area (Å²) in [6, 6.07) is 0.0451. The number of fused-ring (bicyclic) bond motifs is 1. The van der Waals surface area contributed by atoms with E-state index < -0.39 is 0 Å². The molecule has 1 fully saturated rings.